The van der Waals surface area contributed by atoms with Gasteiger partial charge < -0.3 is 10.1 Å². The van der Waals surface area contributed by atoms with Gasteiger partial charge >= 0.3 is 6.01 Å². The van der Waals surface area contributed by atoms with Crippen LogP contribution in [0.5, 0.6) is 11.8 Å². The number of hydrogen-bond donors (Lipinski definition) is 1. The van der Waals surface area contributed by atoms with Crippen LogP contribution in [0.25, 0.3) is 0 Å². The minimum absolute atomic E-state index is 0.00823. The van der Waals surface area contributed by atoms with Crippen molar-refractivity contribution in [1.82, 2.24) is 15.0 Å². The molecule has 0 bridgehead atoms. The predicted octanol–water partition coefficient (Wildman–Crippen LogP) is 5.10. The summed E-state index contributed by atoms with van der Waals surface area (Å²) in [6, 6.07) is 2.96. The Morgan fingerprint density at radius 2 is 1.71 bits per heavy atom. The Balaban J connectivity index is 2.27. The predicted molar refractivity (Wildman–Crippen MR) is 85.2 cm³/mol. The van der Waals surface area contributed by atoms with Crippen molar-refractivity contribution >= 4 is 52.4 Å². The average molecular weight is 368 g/mol. The largest absolute Gasteiger partial charge is 0.422 e. The fourth-order valence-corrected chi connectivity index (χ4v) is 2.10. The molecular weight excluding hydrogens is 358 g/mol. The van der Waals surface area contributed by atoms with Crippen LogP contribution in [0.4, 0.5) is 5.95 Å². The Labute approximate surface area is 141 Å². The average Bonchev–Trinajstić information content (AvgIpc) is 2.42. The molecular formula is C12H10Cl4N4O. The number of aromatic nitrogens is 3. The van der Waals surface area contributed by atoms with Crippen LogP contribution in [0.15, 0.2) is 12.1 Å². The highest BCUT2D eigenvalue weighted by Crippen LogP contribution is 2.35. The molecule has 2 rings (SSSR count). The molecule has 1 N–H and O–H groups in total. The summed E-state index contributed by atoms with van der Waals surface area (Å²) >= 11 is 23.6. The third-order valence-electron chi connectivity index (χ3n) is 2.30. The Morgan fingerprint density at radius 1 is 1.00 bits per heavy atom. The number of nitrogens with one attached hydrogen (secondary N) is 1. The number of benzene rings is 1. The summed E-state index contributed by atoms with van der Waals surface area (Å²) in [5, 5.41) is 3.91. The zero-order valence-corrected chi connectivity index (χ0v) is 13.9. The van der Waals surface area contributed by atoms with Crippen molar-refractivity contribution in [3.05, 3.63) is 32.5 Å². The van der Waals surface area contributed by atoms with Gasteiger partial charge in [-0.1, -0.05) is 41.7 Å². The third kappa shape index (κ3) is 4.48. The molecule has 0 atom stereocenters. The number of nitrogens with zero attached hydrogens (tertiary/aromatic N) is 3. The maximum Gasteiger partial charge on any atom is 0.328 e. The first-order chi connectivity index (χ1) is 9.99. The Hall–Kier alpha value is -1.01. The van der Waals surface area contributed by atoms with E-state index in [1.54, 1.807) is 0 Å². The molecule has 112 valence electrons. The van der Waals surface area contributed by atoms with Crippen molar-refractivity contribution in [3.63, 3.8) is 0 Å². The molecule has 0 unspecified atom stereocenters. The molecule has 1 aromatic heterocycles. The van der Waals surface area contributed by atoms with Gasteiger partial charge in [0, 0.05) is 12.6 Å². The zero-order valence-electron chi connectivity index (χ0n) is 10.8. The van der Waals surface area contributed by atoms with E-state index in [2.05, 4.69) is 20.3 Å². The molecule has 21 heavy (non-hydrogen) atoms. The first-order valence-electron chi connectivity index (χ1n) is 5.97. The summed E-state index contributed by atoms with van der Waals surface area (Å²) in [7, 11) is 0. The zero-order chi connectivity index (χ0) is 15.4. The summed E-state index contributed by atoms with van der Waals surface area (Å²) in [6.45, 7) is 2.72. The standard InChI is InChI=1S/C12H10Cl4N4O/c1-2-3-17-11-18-10(16)19-12(20-11)21-9-5-7(14)6(13)4-8(9)15/h4-5H,2-3H2,1H3,(H,17,18,19,20). The van der Waals surface area contributed by atoms with Crippen molar-refractivity contribution in [2.24, 2.45) is 0 Å². The lowest BCUT2D eigenvalue weighted by Gasteiger charge is -2.09. The molecule has 0 amide bonds. The number of ether oxygens (including phenoxy) is 1. The van der Waals surface area contributed by atoms with Gasteiger partial charge in [-0.3, -0.25) is 0 Å². The van der Waals surface area contributed by atoms with Gasteiger partial charge in [0.1, 0.15) is 0 Å². The van der Waals surface area contributed by atoms with Gasteiger partial charge in [-0.15, -0.1) is 0 Å². The molecule has 0 radical (unpaired) electrons. The van der Waals surface area contributed by atoms with E-state index in [-0.39, 0.29) is 22.1 Å². The van der Waals surface area contributed by atoms with E-state index < -0.39 is 0 Å². The van der Waals surface area contributed by atoms with Gasteiger partial charge in [-0.25, -0.2) is 0 Å². The summed E-state index contributed by atoms with van der Waals surface area (Å²) in [5.41, 5.74) is 0. The minimum Gasteiger partial charge on any atom is -0.422 e. The topological polar surface area (TPSA) is 59.9 Å². The van der Waals surface area contributed by atoms with Crippen LogP contribution < -0.4 is 10.1 Å². The fraction of sp³-hybridized carbons (Fsp3) is 0.250. The van der Waals surface area contributed by atoms with Crippen molar-refractivity contribution in [2.75, 3.05) is 11.9 Å². The molecule has 0 aliphatic carbocycles. The summed E-state index contributed by atoms with van der Waals surface area (Å²) in [5.74, 6) is 0.595. The SMILES string of the molecule is CCCNc1nc(Cl)nc(Oc2cc(Cl)c(Cl)cc2Cl)n1. The first-order valence-corrected chi connectivity index (χ1v) is 7.48. The molecule has 0 aliphatic heterocycles. The number of hydrogen-bond acceptors (Lipinski definition) is 5. The van der Waals surface area contributed by atoms with Gasteiger partial charge in [0.25, 0.3) is 0 Å². The maximum absolute atomic E-state index is 6.03. The van der Waals surface area contributed by atoms with E-state index in [0.29, 0.717) is 22.5 Å². The molecule has 0 saturated carbocycles. The van der Waals surface area contributed by atoms with Crippen molar-refractivity contribution in [3.8, 4) is 11.8 Å². The molecule has 0 aliphatic rings. The molecule has 0 fully saturated rings. The number of anilines is 1. The highest BCUT2D eigenvalue weighted by molar-refractivity contribution is 6.43. The van der Waals surface area contributed by atoms with Crippen molar-refractivity contribution < 1.29 is 4.74 Å². The lowest BCUT2D eigenvalue weighted by Crippen LogP contribution is -2.06. The van der Waals surface area contributed by atoms with Crippen molar-refractivity contribution in [1.29, 1.82) is 0 Å². The van der Waals surface area contributed by atoms with Gasteiger partial charge in [0.2, 0.25) is 11.2 Å². The highest BCUT2D eigenvalue weighted by atomic mass is 35.5. The molecule has 2 aromatic rings. The molecule has 5 nitrogen and oxygen atoms in total. The molecule has 0 saturated heterocycles. The Bertz CT molecular complexity index is 653. The van der Waals surface area contributed by atoms with Gasteiger partial charge in [-0.05, 0) is 24.1 Å². The quantitative estimate of drug-likeness (QED) is 0.745. The molecule has 0 spiro atoms. The summed E-state index contributed by atoms with van der Waals surface area (Å²) in [4.78, 5) is 11.9. The summed E-state index contributed by atoms with van der Waals surface area (Å²) in [6.07, 6.45) is 0.915. The van der Waals surface area contributed by atoms with Gasteiger partial charge in [0.15, 0.2) is 5.75 Å². The Morgan fingerprint density at radius 3 is 2.43 bits per heavy atom. The normalized spacial score (nSPS) is 10.5. The number of halogens is 4. The third-order valence-corrected chi connectivity index (χ3v) is 3.48. The van der Waals surface area contributed by atoms with E-state index in [0.717, 1.165) is 6.42 Å². The second kappa shape index (κ2) is 7.31. The van der Waals surface area contributed by atoms with E-state index in [1.165, 1.54) is 12.1 Å². The lowest BCUT2D eigenvalue weighted by atomic mass is 10.3. The monoisotopic (exact) mass is 366 g/mol. The molecule has 9 heteroatoms. The van der Waals surface area contributed by atoms with Crippen LogP contribution in [-0.4, -0.2) is 21.5 Å². The summed E-state index contributed by atoms with van der Waals surface area (Å²) < 4.78 is 5.48. The fourth-order valence-electron chi connectivity index (χ4n) is 1.37. The van der Waals surface area contributed by atoms with E-state index in [1.807, 2.05) is 6.92 Å². The van der Waals surface area contributed by atoms with Crippen LogP contribution in [0.2, 0.25) is 20.4 Å². The molecule has 1 aromatic carbocycles. The Kier molecular flexibility index (Phi) is 5.70. The van der Waals surface area contributed by atoms with Crippen LogP contribution in [-0.2, 0) is 0 Å². The lowest BCUT2D eigenvalue weighted by molar-refractivity contribution is 0.440. The smallest absolute Gasteiger partial charge is 0.328 e. The maximum atomic E-state index is 6.03. The van der Waals surface area contributed by atoms with E-state index in [9.17, 15) is 0 Å². The van der Waals surface area contributed by atoms with Crippen molar-refractivity contribution in [2.45, 2.75) is 13.3 Å². The highest BCUT2D eigenvalue weighted by Gasteiger charge is 2.12. The van der Waals surface area contributed by atoms with Crippen LogP contribution in [0.3, 0.4) is 0 Å². The van der Waals surface area contributed by atoms with Gasteiger partial charge in [-0.2, -0.15) is 15.0 Å². The van der Waals surface area contributed by atoms with E-state index >= 15 is 0 Å². The van der Waals surface area contributed by atoms with Gasteiger partial charge in [0.05, 0.1) is 15.1 Å². The first kappa shape index (κ1) is 16.4. The minimum atomic E-state index is 0.00823. The van der Waals surface area contributed by atoms with Crippen LogP contribution in [0.1, 0.15) is 13.3 Å². The second-order valence-electron chi connectivity index (χ2n) is 3.94. The van der Waals surface area contributed by atoms with E-state index in [4.69, 9.17) is 51.1 Å². The van der Waals surface area contributed by atoms with Crippen LogP contribution in [0, 0.1) is 0 Å². The molecule has 1 heterocycles. The van der Waals surface area contributed by atoms with Crippen LogP contribution >= 0.6 is 46.4 Å². The number of rotatable bonds is 5. The second-order valence-corrected chi connectivity index (χ2v) is 5.50.